The number of rotatable bonds is 4. The third-order valence-electron chi connectivity index (χ3n) is 3.16. The van der Waals surface area contributed by atoms with Crippen LogP contribution >= 0.6 is 0 Å². The van der Waals surface area contributed by atoms with E-state index < -0.39 is 0 Å². The number of H-pyrrole nitrogens is 1. The molecule has 1 fully saturated rings. The number of carbonyl (C=O) groups is 1. The molecule has 0 atom stereocenters. The minimum Gasteiger partial charge on any atom is -0.309 e. The lowest BCUT2D eigenvalue weighted by atomic mass is 10.1. The molecular weight excluding hydrogens is 245 g/mol. The zero-order valence-electron chi connectivity index (χ0n) is 10.3. The van der Waals surface area contributed by atoms with E-state index in [4.69, 9.17) is 0 Å². The van der Waals surface area contributed by atoms with Crippen LogP contribution in [-0.4, -0.2) is 16.1 Å². The van der Waals surface area contributed by atoms with Crippen molar-refractivity contribution in [2.75, 3.05) is 5.32 Å². The SMILES string of the molecule is O=C(Cc1ccc(F)cc1)Nc1cc(C2CC2)[nH]n1. The molecule has 5 heteroatoms. The first-order valence-corrected chi connectivity index (χ1v) is 6.30. The van der Waals surface area contributed by atoms with E-state index in [2.05, 4.69) is 15.5 Å². The fourth-order valence-corrected chi connectivity index (χ4v) is 1.98. The maximum atomic E-state index is 12.7. The second-order valence-electron chi connectivity index (χ2n) is 4.83. The maximum absolute atomic E-state index is 12.7. The average molecular weight is 259 g/mol. The molecule has 98 valence electrons. The topological polar surface area (TPSA) is 57.8 Å². The van der Waals surface area contributed by atoms with Gasteiger partial charge in [0.25, 0.3) is 0 Å². The molecule has 2 N–H and O–H groups in total. The summed E-state index contributed by atoms with van der Waals surface area (Å²) in [7, 11) is 0. The van der Waals surface area contributed by atoms with Crippen LogP contribution in [0.3, 0.4) is 0 Å². The number of nitrogens with one attached hydrogen (secondary N) is 2. The van der Waals surface area contributed by atoms with Gasteiger partial charge >= 0.3 is 0 Å². The average Bonchev–Trinajstić information content (AvgIpc) is 3.14. The number of halogens is 1. The van der Waals surface area contributed by atoms with Crippen molar-refractivity contribution in [3.63, 3.8) is 0 Å². The summed E-state index contributed by atoms with van der Waals surface area (Å²) in [6.45, 7) is 0. The van der Waals surface area contributed by atoms with Crippen LogP contribution in [0, 0.1) is 5.82 Å². The molecule has 1 aliphatic carbocycles. The monoisotopic (exact) mass is 259 g/mol. The highest BCUT2D eigenvalue weighted by molar-refractivity contribution is 5.91. The van der Waals surface area contributed by atoms with Crippen molar-refractivity contribution in [2.45, 2.75) is 25.2 Å². The van der Waals surface area contributed by atoms with E-state index in [0.29, 0.717) is 11.7 Å². The summed E-state index contributed by atoms with van der Waals surface area (Å²) in [4.78, 5) is 11.8. The number of anilines is 1. The Kier molecular flexibility index (Phi) is 3.03. The van der Waals surface area contributed by atoms with Crippen molar-refractivity contribution in [3.8, 4) is 0 Å². The fourth-order valence-electron chi connectivity index (χ4n) is 1.98. The molecule has 0 radical (unpaired) electrons. The van der Waals surface area contributed by atoms with Crippen molar-refractivity contribution >= 4 is 11.7 Å². The van der Waals surface area contributed by atoms with Crippen LogP contribution in [0.1, 0.15) is 30.0 Å². The van der Waals surface area contributed by atoms with Crippen molar-refractivity contribution in [1.82, 2.24) is 10.2 Å². The van der Waals surface area contributed by atoms with Gasteiger partial charge in [-0.05, 0) is 30.5 Å². The number of amides is 1. The largest absolute Gasteiger partial charge is 0.309 e. The van der Waals surface area contributed by atoms with E-state index in [-0.39, 0.29) is 18.1 Å². The molecule has 0 saturated heterocycles. The van der Waals surface area contributed by atoms with Crippen molar-refractivity contribution in [2.24, 2.45) is 0 Å². The van der Waals surface area contributed by atoms with E-state index in [0.717, 1.165) is 11.3 Å². The molecule has 0 spiro atoms. The van der Waals surface area contributed by atoms with Crippen molar-refractivity contribution in [3.05, 3.63) is 47.4 Å². The van der Waals surface area contributed by atoms with E-state index in [1.54, 1.807) is 12.1 Å². The molecule has 0 unspecified atom stereocenters. The lowest BCUT2D eigenvalue weighted by Crippen LogP contribution is -2.14. The molecule has 2 aromatic rings. The van der Waals surface area contributed by atoms with Crippen LogP contribution in [0.5, 0.6) is 0 Å². The quantitative estimate of drug-likeness (QED) is 0.886. The van der Waals surface area contributed by atoms with Gasteiger partial charge in [0.2, 0.25) is 5.91 Å². The third kappa shape index (κ3) is 2.99. The molecule has 1 aromatic heterocycles. The number of aromatic nitrogens is 2. The Labute approximate surface area is 110 Å². The van der Waals surface area contributed by atoms with Gasteiger partial charge in [-0.2, -0.15) is 5.10 Å². The standard InChI is InChI=1S/C14H14FN3O/c15-11-5-1-9(2-6-11)7-14(19)16-13-8-12(17-18-13)10-3-4-10/h1-2,5-6,8,10H,3-4,7H2,(H2,16,17,18,19). The Morgan fingerprint density at radius 3 is 2.79 bits per heavy atom. The van der Waals surface area contributed by atoms with Gasteiger partial charge in [-0.25, -0.2) is 4.39 Å². The molecule has 1 saturated carbocycles. The van der Waals surface area contributed by atoms with Crippen LogP contribution in [-0.2, 0) is 11.2 Å². The Hall–Kier alpha value is -2.17. The predicted molar refractivity (Wildman–Crippen MR) is 69.3 cm³/mol. The Morgan fingerprint density at radius 1 is 1.37 bits per heavy atom. The molecule has 4 nitrogen and oxygen atoms in total. The minimum atomic E-state index is -0.300. The maximum Gasteiger partial charge on any atom is 0.229 e. The van der Waals surface area contributed by atoms with Gasteiger partial charge in [-0.15, -0.1) is 0 Å². The second kappa shape index (κ2) is 4.84. The van der Waals surface area contributed by atoms with Crippen molar-refractivity contribution in [1.29, 1.82) is 0 Å². The van der Waals surface area contributed by atoms with Gasteiger partial charge in [-0.1, -0.05) is 12.1 Å². The number of hydrogen-bond acceptors (Lipinski definition) is 2. The lowest BCUT2D eigenvalue weighted by Gasteiger charge is -2.01. The van der Waals surface area contributed by atoms with E-state index in [1.807, 2.05) is 6.07 Å². The van der Waals surface area contributed by atoms with Gasteiger partial charge < -0.3 is 5.32 Å². The summed E-state index contributed by atoms with van der Waals surface area (Å²) in [6.07, 6.45) is 2.59. The second-order valence-corrected chi connectivity index (χ2v) is 4.83. The number of hydrogen-bond donors (Lipinski definition) is 2. The lowest BCUT2D eigenvalue weighted by molar-refractivity contribution is -0.115. The third-order valence-corrected chi connectivity index (χ3v) is 3.16. The zero-order chi connectivity index (χ0) is 13.2. The zero-order valence-corrected chi connectivity index (χ0v) is 10.3. The first kappa shape index (κ1) is 11.9. The Bertz CT molecular complexity index is 587. The fraction of sp³-hybridized carbons (Fsp3) is 0.286. The Morgan fingerprint density at radius 2 is 2.11 bits per heavy atom. The number of carbonyl (C=O) groups excluding carboxylic acids is 1. The predicted octanol–water partition coefficient (Wildman–Crippen LogP) is 2.61. The molecule has 1 aromatic carbocycles. The first-order valence-electron chi connectivity index (χ1n) is 6.30. The molecule has 0 bridgehead atoms. The summed E-state index contributed by atoms with van der Waals surface area (Å²) < 4.78 is 12.7. The van der Waals surface area contributed by atoms with Gasteiger partial charge in [0.1, 0.15) is 5.82 Å². The summed E-state index contributed by atoms with van der Waals surface area (Å²) in [5.74, 6) is 0.676. The van der Waals surface area contributed by atoms with E-state index >= 15 is 0 Å². The molecule has 1 amide bonds. The van der Waals surface area contributed by atoms with E-state index in [9.17, 15) is 9.18 Å². The van der Waals surface area contributed by atoms with Crippen LogP contribution in [0.25, 0.3) is 0 Å². The summed E-state index contributed by atoms with van der Waals surface area (Å²) in [6, 6.07) is 7.79. The molecule has 1 heterocycles. The first-order chi connectivity index (χ1) is 9.20. The minimum absolute atomic E-state index is 0.152. The number of benzene rings is 1. The Balaban J connectivity index is 1.59. The number of aromatic amines is 1. The van der Waals surface area contributed by atoms with Gasteiger partial charge in [0, 0.05) is 17.7 Å². The van der Waals surface area contributed by atoms with Crippen molar-refractivity contribution < 1.29 is 9.18 Å². The van der Waals surface area contributed by atoms with Crippen LogP contribution in [0.2, 0.25) is 0 Å². The summed E-state index contributed by atoms with van der Waals surface area (Å²) in [5.41, 5.74) is 1.86. The summed E-state index contributed by atoms with van der Waals surface area (Å²) >= 11 is 0. The highest BCUT2D eigenvalue weighted by Crippen LogP contribution is 2.39. The van der Waals surface area contributed by atoms with Crippen LogP contribution in [0.4, 0.5) is 10.2 Å². The normalized spacial score (nSPS) is 14.4. The molecular formula is C14H14FN3O. The van der Waals surface area contributed by atoms with Crippen LogP contribution in [0.15, 0.2) is 30.3 Å². The van der Waals surface area contributed by atoms with E-state index in [1.165, 1.54) is 25.0 Å². The van der Waals surface area contributed by atoms with Gasteiger partial charge in [0.05, 0.1) is 6.42 Å². The van der Waals surface area contributed by atoms with Gasteiger partial charge in [0.15, 0.2) is 5.82 Å². The van der Waals surface area contributed by atoms with Gasteiger partial charge in [-0.3, -0.25) is 9.89 Å². The molecule has 0 aliphatic heterocycles. The highest BCUT2D eigenvalue weighted by Gasteiger charge is 2.25. The van der Waals surface area contributed by atoms with Crippen LogP contribution < -0.4 is 5.32 Å². The smallest absolute Gasteiger partial charge is 0.229 e. The molecule has 1 aliphatic rings. The highest BCUT2D eigenvalue weighted by atomic mass is 19.1. The molecule has 3 rings (SSSR count). The molecule has 19 heavy (non-hydrogen) atoms. The number of nitrogens with zero attached hydrogens (tertiary/aromatic N) is 1. The summed E-state index contributed by atoms with van der Waals surface area (Å²) in [5, 5.41) is 9.72.